The second-order valence-corrected chi connectivity index (χ2v) is 3.80. The molecule has 0 saturated heterocycles. The van der Waals surface area contributed by atoms with Crippen molar-refractivity contribution in [1.82, 2.24) is 25.1 Å². The van der Waals surface area contributed by atoms with Crippen LogP contribution in [-0.2, 0) is 19.7 Å². The monoisotopic (exact) mass is 247 g/mol. The molecular formula is C12H17N5O. The number of hydrogen-bond acceptors (Lipinski definition) is 5. The Kier molecular flexibility index (Phi) is 4.25. The van der Waals surface area contributed by atoms with Crippen LogP contribution in [0.5, 0.6) is 5.75 Å². The van der Waals surface area contributed by atoms with Crippen molar-refractivity contribution in [2.45, 2.75) is 26.6 Å². The molecule has 18 heavy (non-hydrogen) atoms. The van der Waals surface area contributed by atoms with E-state index in [0.29, 0.717) is 6.61 Å². The van der Waals surface area contributed by atoms with Crippen molar-refractivity contribution in [3.05, 3.63) is 36.2 Å². The van der Waals surface area contributed by atoms with Crippen LogP contribution in [0.2, 0.25) is 0 Å². The summed E-state index contributed by atoms with van der Waals surface area (Å²) in [7, 11) is 1.89. The number of nitrogens with zero attached hydrogens (tertiary/aromatic N) is 4. The highest BCUT2D eigenvalue weighted by Gasteiger charge is 2.03. The average Bonchev–Trinajstić information content (AvgIpc) is 2.86. The van der Waals surface area contributed by atoms with Crippen LogP contribution in [0.4, 0.5) is 0 Å². The van der Waals surface area contributed by atoms with Crippen LogP contribution in [0, 0.1) is 0 Å². The van der Waals surface area contributed by atoms with Crippen LogP contribution in [0.25, 0.3) is 0 Å². The number of aryl methyl sites for hydroxylation is 1. The molecule has 96 valence electrons. The van der Waals surface area contributed by atoms with Gasteiger partial charge < -0.3 is 10.1 Å². The number of nitrogens with one attached hydrogen (secondary N) is 1. The molecule has 2 rings (SSSR count). The van der Waals surface area contributed by atoms with E-state index in [1.165, 1.54) is 6.33 Å². The average molecular weight is 247 g/mol. The van der Waals surface area contributed by atoms with E-state index in [9.17, 15) is 0 Å². The van der Waals surface area contributed by atoms with Crippen LogP contribution in [-0.4, -0.2) is 26.8 Å². The molecule has 0 atom stereocenters. The fourth-order valence-corrected chi connectivity index (χ4v) is 1.59. The van der Waals surface area contributed by atoms with Crippen molar-refractivity contribution < 1.29 is 4.74 Å². The molecule has 0 fully saturated rings. The van der Waals surface area contributed by atoms with E-state index in [2.05, 4.69) is 20.4 Å². The zero-order valence-corrected chi connectivity index (χ0v) is 10.6. The van der Waals surface area contributed by atoms with Crippen LogP contribution < -0.4 is 10.1 Å². The summed E-state index contributed by atoms with van der Waals surface area (Å²) in [6.07, 6.45) is 3.26. The van der Waals surface area contributed by atoms with Crippen molar-refractivity contribution in [1.29, 1.82) is 0 Å². The van der Waals surface area contributed by atoms with Crippen molar-refractivity contribution >= 4 is 0 Å². The van der Waals surface area contributed by atoms with E-state index in [4.69, 9.17) is 4.74 Å². The Balaban J connectivity index is 1.94. The molecule has 0 radical (unpaired) electrons. The minimum atomic E-state index is 0.404. The van der Waals surface area contributed by atoms with Crippen LogP contribution >= 0.6 is 0 Å². The first-order valence-electron chi connectivity index (χ1n) is 5.92. The predicted octanol–water partition coefficient (Wildman–Crippen LogP) is 0.991. The van der Waals surface area contributed by atoms with Gasteiger partial charge in [0.2, 0.25) is 0 Å². The van der Waals surface area contributed by atoms with Crippen molar-refractivity contribution in [2.24, 2.45) is 0 Å². The van der Waals surface area contributed by atoms with E-state index in [0.717, 1.165) is 30.4 Å². The summed E-state index contributed by atoms with van der Waals surface area (Å²) in [5, 5.41) is 7.14. The fraction of sp³-hybridized carbons (Fsp3) is 0.417. The third kappa shape index (κ3) is 3.04. The maximum absolute atomic E-state index is 5.62. The maximum Gasteiger partial charge on any atom is 0.164 e. The Labute approximate surface area is 106 Å². The molecule has 0 spiro atoms. The summed E-state index contributed by atoms with van der Waals surface area (Å²) in [5.74, 6) is 1.55. The minimum absolute atomic E-state index is 0.404. The highest BCUT2D eigenvalue weighted by molar-refractivity contribution is 5.19. The molecule has 0 bridgehead atoms. The summed E-state index contributed by atoms with van der Waals surface area (Å²) >= 11 is 0. The third-order valence-electron chi connectivity index (χ3n) is 2.52. The lowest BCUT2D eigenvalue weighted by molar-refractivity contribution is 0.286. The summed E-state index contributed by atoms with van der Waals surface area (Å²) in [4.78, 5) is 8.43. The Hall–Kier alpha value is -1.95. The molecular weight excluding hydrogens is 230 g/mol. The topological polar surface area (TPSA) is 64.9 Å². The van der Waals surface area contributed by atoms with E-state index >= 15 is 0 Å². The van der Waals surface area contributed by atoms with Gasteiger partial charge in [0.05, 0.1) is 11.9 Å². The second-order valence-electron chi connectivity index (χ2n) is 3.80. The SMILES string of the molecule is CCn1ncnc1COc1ccc(CNC)nc1. The van der Waals surface area contributed by atoms with Crippen LogP contribution in [0.15, 0.2) is 24.7 Å². The maximum atomic E-state index is 5.62. The number of ether oxygens (including phenoxy) is 1. The Morgan fingerprint density at radius 1 is 1.33 bits per heavy atom. The first-order valence-corrected chi connectivity index (χ1v) is 5.92. The molecule has 0 aromatic carbocycles. The largest absolute Gasteiger partial charge is 0.484 e. The zero-order valence-electron chi connectivity index (χ0n) is 10.6. The van der Waals surface area contributed by atoms with Crippen molar-refractivity contribution in [3.63, 3.8) is 0 Å². The molecule has 2 aromatic heterocycles. The Morgan fingerprint density at radius 2 is 2.22 bits per heavy atom. The zero-order chi connectivity index (χ0) is 12.8. The molecule has 0 saturated carbocycles. The fourth-order valence-electron chi connectivity index (χ4n) is 1.59. The summed E-state index contributed by atoms with van der Waals surface area (Å²) in [6.45, 7) is 3.97. The van der Waals surface area contributed by atoms with E-state index in [-0.39, 0.29) is 0 Å². The summed E-state index contributed by atoms with van der Waals surface area (Å²) in [5.41, 5.74) is 0.988. The number of rotatable bonds is 6. The second kappa shape index (κ2) is 6.11. The lowest BCUT2D eigenvalue weighted by Gasteiger charge is -2.07. The quantitative estimate of drug-likeness (QED) is 0.824. The first-order chi connectivity index (χ1) is 8.83. The molecule has 6 heteroatoms. The van der Waals surface area contributed by atoms with Crippen molar-refractivity contribution in [2.75, 3.05) is 7.05 Å². The van der Waals surface area contributed by atoms with E-state index in [1.807, 2.05) is 30.8 Å². The molecule has 0 aliphatic carbocycles. The van der Waals surface area contributed by atoms with Gasteiger partial charge in [-0.1, -0.05) is 0 Å². The minimum Gasteiger partial charge on any atom is -0.484 e. The molecule has 0 unspecified atom stereocenters. The van der Waals surface area contributed by atoms with E-state index in [1.54, 1.807) is 6.20 Å². The molecule has 0 aliphatic rings. The number of pyridine rings is 1. The van der Waals surface area contributed by atoms with Gasteiger partial charge >= 0.3 is 0 Å². The molecule has 2 aromatic rings. The van der Waals surface area contributed by atoms with Crippen molar-refractivity contribution in [3.8, 4) is 5.75 Å². The first kappa shape index (κ1) is 12.5. The predicted molar refractivity (Wildman–Crippen MR) is 67.0 cm³/mol. The van der Waals surface area contributed by atoms with Gasteiger partial charge in [-0.05, 0) is 26.1 Å². The van der Waals surface area contributed by atoms with Gasteiger partial charge in [-0.3, -0.25) is 4.98 Å². The van der Waals surface area contributed by atoms with Gasteiger partial charge in [0.1, 0.15) is 18.7 Å². The molecule has 0 aliphatic heterocycles. The van der Waals surface area contributed by atoms with Gasteiger partial charge in [-0.2, -0.15) is 5.10 Å². The van der Waals surface area contributed by atoms with Gasteiger partial charge in [-0.15, -0.1) is 0 Å². The summed E-state index contributed by atoms with van der Waals surface area (Å²) < 4.78 is 7.43. The van der Waals surface area contributed by atoms with Gasteiger partial charge in [0, 0.05) is 13.1 Å². The molecule has 6 nitrogen and oxygen atoms in total. The van der Waals surface area contributed by atoms with Crippen LogP contribution in [0.1, 0.15) is 18.4 Å². The highest BCUT2D eigenvalue weighted by Crippen LogP contribution is 2.11. The van der Waals surface area contributed by atoms with Gasteiger partial charge in [-0.25, -0.2) is 9.67 Å². The standard InChI is InChI=1S/C12H17N5O/c1-3-17-12(15-9-16-17)8-18-11-5-4-10(6-13-2)14-7-11/h4-5,7,9,13H,3,6,8H2,1-2H3. The third-order valence-corrected chi connectivity index (χ3v) is 2.52. The number of hydrogen-bond donors (Lipinski definition) is 1. The normalized spacial score (nSPS) is 10.6. The van der Waals surface area contributed by atoms with Gasteiger partial charge in [0.15, 0.2) is 5.82 Å². The highest BCUT2D eigenvalue weighted by atomic mass is 16.5. The molecule has 0 amide bonds. The smallest absolute Gasteiger partial charge is 0.164 e. The Bertz CT molecular complexity index is 479. The lowest BCUT2D eigenvalue weighted by Crippen LogP contribution is -2.08. The lowest BCUT2D eigenvalue weighted by atomic mass is 10.3. The summed E-state index contributed by atoms with van der Waals surface area (Å²) in [6, 6.07) is 3.85. The Morgan fingerprint density at radius 3 is 2.89 bits per heavy atom. The van der Waals surface area contributed by atoms with Gasteiger partial charge in [0.25, 0.3) is 0 Å². The number of aromatic nitrogens is 4. The van der Waals surface area contributed by atoms with E-state index < -0.39 is 0 Å². The van der Waals surface area contributed by atoms with Crippen LogP contribution in [0.3, 0.4) is 0 Å². The molecule has 1 N–H and O–H groups in total. The molecule has 2 heterocycles.